The van der Waals surface area contributed by atoms with Crippen LogP contribution in [0.1, 0.15) is 0 Å². The maximum Gasteiger partial charge on any atom is 0.259 e. The highest BCUT2D eigenvalue weighted by molar-refractivity contribution is 7.89. The SMILES string of the molecule is CN(C)C(=O)COc1c(Cl)cc(S(N)(=O)=O)cc1Cl. The average Bonchev–Trinajstić information content (AvgIpc) is 2.25. The van der Waals surface area contributed by atoms with Crippen LogP contribution in [0.15, 0.2) is 17.0 Å². The summed E-state index contributed by atoms with van der Waals surface area (Å²) in [7, 11) is -0.772. The van der Waals surface area contributed by atoms with Crippen molar-refractivity contribution in [2.75, 3.05) is 20.7 Å². The Morgan fingerprint density at radius 3 is 2.16 bits per heavy atom. The van der Waals surface area contributed by atoms with Crippen molar-refractivity contribution >= 4 is 39.1 Å². The average molecular weight is 327 g/mol. The lowest BCUT2D eigenvalue weighted by Crippen LogP contribution is -2.27. The van der Waals surface area contributed by atoms with E-state index in [4.69, 9.17) is 33.1 Å². The molecule has 0 fully saturated rings. The van der Waals surface area contributed by atoms with Gasteiger partial charge in [0.2, 0.25) is 10.0 Å². The van der Waals surface area contributed by atoms with Crippen LogP contribution in [0, 0.1) is 0 Å². The van der Waals surface area contributed by atoms with E-state index in [1.165, 1.54) is 4.90 Å². The first-order valence-corrected chi connectivity index (χ1v) is 7.28. The van der Waals surface area contributed by atoms with E-state index < -0.39 is 10.0 Å². The molecule has 0 saturated carbocycles. The molecule has 1 aromatic rings. The van der Waals surface area contributed by atoms with Gasteiger partial charge in [0.25, 0.3) is 5.91 Å². The summed E-state index contributed by atoms with van der Waals surface area (Å²) in [6.07, 6.45) is 0. The number of benzene rings is 1. The third-order valence-electron chi connectivity index (χ3n) is 2.14. The van der Waals surface area contributed by atoms with Gasteiger partial charge in [0, 0.05) is 14.1 Å². The second-order valence-corrected chi connectivity index (χ2v) is 6.21. The molecule has 0 aliphatic carbocycles. The molecule has 2 N–H and O–H groups in total. The Kier molecular flexibility index (Phi) is 5.03. The second-order valence-electron chi connectivity index (χ2n) is 3.84. The number of ether oxygens (including phenoxy) is 1. The molecule has 0 unspecified atom stereocenters. The van der Waals surface area contributed by atoms with Crippen LogP contribution in [0.3, 0.4) is 0 Å². The van der Waals surface area contributed by atoms with Crippen LogP contribution in [0.4, 0.5) is 0 Å². The fourth-order valence-corrected chi connectivity index (χ4v) is 2.39. The van der Waals surface area contributed by atoms with Crippen molar-refractivity contribution in [3.8, 4) is 5.75 Å². The summed E-state index contributed by atoms with van der Waals surface area (Å²) >= 11 is 11.7. The van der Waals surface area contributed by atoms with Crippen molar-refractivity contribution in [2.24, 2.45) is 5.14 Å². The van der Waals surface area contributed by atoms with E-state index in [0.29, 0.717) is 0 Å². The van der Waals surface area contributed by atoms with Crippen molar-refractivity contribution in [1.82, 2.24) is 4.90 Å². The Balaban J connectivity index is 3.02. The molecule has 9 heteroatoms. The first-order valence-electron chi connectivity index (χ1n) is 4.97. The number of carbonyl (C=O) groups excluding carboxylic acids is 1. The highest BCUT2D eigenvalue weighted by Gasteiger charge is 2.17. The maximum absolute atomic E-state index is 11.4. The minimum Gasteiger partial charge on any atom is -0.481 e. The summed E-state index contributed by atoms with van der Waals surface area (Å²) in [6, 6.07) is 2.22. The van der Waals surface area contributed by atoms with E-state index in [-0.39, 0.29) is 33.2 Å². The van der Waals surface area contributed by atoms with Gasteiger partial charge in [-0.2, -0.15) is 0 Å². The largest absolute Gasteiger partial charge is 0.481 e. The molecule has 0 bridgehead atoms. The molecule has 1 aromatic carbocycles. The van der Waals surface area contributed by atoms with Gasteiger partial charge in [-0.25, -0.2) is 13.6 Å². The van der Waals surface area contributed by atoms with Crippen LogP contribution in [0.2, 0.25) is 10.0 Å². The van der Waals surface area contributed by atoms with Crippen LogP contribution in [0.25, 0.3) is 0 Å². The number of nitrogens with zero attached hydrogens (tertiary/aromatic N) is 1. The van der Waals surface area contributed by atoms with Gasteiger partial charge >= 0.3 is 0 Å². The minimum atomic E-state index is -3.91. The van der Waals surface area contributed by atoms with Gasteiger partial charge < -0.3 is 9.64 Å². The molecule has 0 aliphatic heterocycles. The molecule has 0 aromatic heterocycles. The molecule has 0 radical (unpaired) electrons. The molecule has 19 heavy (non-hydrogen) atoms. The smallest absolute Gasteiger partial charge is 0.259 e. The Morgan fingerprint density at radius 1 is 1.32 bits per heavy atom. The second kappa shape index (κ2) is 5.96. The lowest BCUT2D eigenvalue weighted by atomic mass is 10.3. The van der Waals surface area contributed by atoms with Crippen LogP contribution >= 0.6 is 23.2 Å². The van der Waals surface area contributed by atoms with Gasteiger partial charge in [-0.15, -0.1) is 0 Å². The number of halogens is 2. The highest BCUT2D eigenvalue weighted by Crippen LogP contribution is 2.35. The summed E-state index contributed by atoms with van der Waals surface area (Å²) in [5, 5.41) is 4.88. The van der Waals surface area contributed by atoms with Crippen molar-refractivity contribution in [2.45, 2.75) is 4.90 Å². The number of rotatable bonds is 4. The quantitative estimate of drug-likeness (QED) is 0.897. The van der Waals surface area contributed by atoms with Gasteiger partial charge in [0.05, 0.1) is 14.9 Å². The first-order chi connectivity index (χ1) is 8.62. The third kappa shape index (κ3) is 4.24. The van der Waals surface area contributed by atoms with Gasteiger partial charge in [-0.1, -0.05) is 23.2 Å². The number of hydrogen-bond donors (Lipinski definition) is 1. The highest BCUT2D eigenvalue weighted by atomic mass is 35.5. The minimum absolute atomic E-state index is 0.0333. The Bertz CT molecular complexity index is 579. The molecular formula is C10H12Cl2N2O4S. The molecule has 0 heterocycles. The molecule has 106 valence electrons. The predicted octanol–water partition coefficient (Wildman–Crippen LogP) is 1.11. The zero-order valence-electron chi connectivity index (χ0n) is 10.2. The summed E-state index contributed by atoms with van der Waals surface area (Å²) < 4.78 is 27.5. The van der Waals surface area contributed by atoms with E-state index in [1.54, 1.807) is 14.1 Å². The van der Waals surface area contributed by atoms with Crippen molar-refractivity contribution in [3.63, 3.8) is 0 Å². The van der Waals surface area contributed by atoms with Crippen LogP contribution in [-0.4, -0.2) is 39.9 Å². The molecule has 1 rings (SSSR count). The first kappa shape index (κ1) is 16.0. The van der Waals surface area contributed by atoms with Gasteiger partial charge in [0.15, 0.2) is 12.4 Å². The van der Waals surface area contributed by atoms with E-state index in [9.17, 15) is 13.2 Å². The lowest BCUT2D eigenvalue weighted by molar-refractivity contribution is -0.130. The summed E-state index contributed by atoms with van der Waals surface area (Å²) in [5.74, 6) is -0.256. The number of likely N-dealkylation sites (N-methyl/N-ethyl adjacent to an activating group) is 1. The van der Waals surface area contributed by atoms with Crippen molar-refractivity contribution in [1.29, 1.82) is 0 Å². The van der Waals surface area contributed by atoms with Crippen molar-refractivity contribution < 1.29 is 17.9 Å². The summed E-state index contributed by atoms with van der Waals surface area (Å²) in [5.41, 5.74) is 0. The molecule has 0 aliphatic rings. The normalized spacial score (nSPS) is 11.2. The number of primary sulfonamides is 1. The zero-order valence-corrected chi connectivity index (χ0v) is 12.5. The standard InChI is InChI=1S/C10H12Cl2N2O4S/c1-14(2)9(15)5-18-10-7(11)3-6(4-8(10)12)19(13,16)17/h3-4H,5H2,1-2H3,(H2,13,16,17). The van der Waals surface area contributed by atoms with Gasteiger partial charge in [-0.05, 0) is 12.1 Å². The monoisotopic (exact) mass is 326 g/mol. The number of hydrogen-bond acceptors (Lipinski definition) is 4. The number of carbonyl (C=O) groups is 1. The maximum atomic E-state index is 11.4. The van der Waals surface area contributed by atoms with Crippen molar-refractivity contribution in [3.05, 3.63) is 22.2 Å². The number of amides is 1. The molecule has 0 spiro atoms. The molecular weight excluding hydrogens is 315 g/mol. The van der Waals surface area contributed by atoms with E-state index in [2.05, 4.69) is 0 Å². The van der Waals surface area contributed by atoms with Crippen LogP contribution < -0.4 is 9.88 Å². The van der Waals surface area contributed by atoms with Crippen LogP contribution in [-0.2, 0) is 14.8 Å². The number of sulfonamides is 1. The van der Waals surface area contributed by atoms with E-state index in [0.717, 1.165) is 12.1 Å². The predicted molar refractivity (Wildman–Crippen MR) is 72.0 cm³/mol. The van der Waals surface area contributed by atoms with Gasteiger partial charge in [0.1, 0.15) is 0 Å². The molecule has 1 amide bonds. The Labute approximate surface area is 121 Å². The van der Waals surface area contributed by atoms with Gasteiger partial charge in [-0.3, -0.25) is 4.79 Å². The van der Waals surface area contributed by atoms with Crippen LogP contribution in [0.5, 0.6) is 5.75 Å². The third-order valence-corrected chi connectivity index (χ3v) is 3.59. The fourth-order valence-electron chi connectivity index (χ4n) is 1.10. The Hall–Kier alpha value is -1.02. The Morgan fingerprint density at radius 2 is 1.79 bits per heavy atom. The molecule has 6 nitrogen and oxygen atoms in total. The van der Waals surface area contributed by atoms with E-state index >= 15 is 0 Å². The lowest BCUT2D eigenvalue weighted by Gasteiger charge is -2.13. The topological polar surface area (TPSA) is 89.7 Å². The molecule has 0 atom stereocenters. The summed E-state index contributed by atoms with van der Waals surface area (Å²) in [6.45, 7) is -0.263. The molecule has 0 saturated heterocycles. The number of nitrogens with two attached hydrogens (primary N) is 1. The van der Waals surface area contributed by atoms with E-state index in [1.807, 2.05) is 0 Å². The zero-order chi connectivity index (χ0) is 14.8. The summed E-state index contributed by atoms with van der Waals surface area (Å²) in [4.78, 5) is 12.5. The fraction of sp³-hybridized carbons (Fsp3) is 0.300.